The number of nitrogens with zero attached hydrogens (tertiary/aromatic N) is 7. The highest BCUT2D eigenvalue weighted by Gasteiger charge is 2.31. The lowest BCUT2D eigenvalue weighted by atomic mass is 9.99. The molecule has 3 aromatic heterocycles. The fourth-order valence-electron chi connectivity index (χ4n) is 5.85. The van der Waals surface area contributed by atoms with Crippen LogP contribution in [0.15, 0.2) is 55.1 Å². The van der Waals surface area contributed by atoms with Crippen molar-refractivity contribution in [2.24, 2.45) is 0 Å². The van der Waals surface area contributed by atoms with Gasteiger partial charge in [0.05, 0.1) is 42.8 Å². The largest absolute Gasteiger partial charge is 0.494 e. The van der Waals surface area contributed by atoms with Gasteiger partial charge in [-0.2, -0.15) is 0 Å². The second kappa shape index (κ2) is 15.7. The van der Waals surface area contributed by atoms with Crippen LogP contribution >= 0.6 is 0 Å². The number of piperazine rings is 1. The number of halogens is 2. The molecule has 51 heavy (non-hydrogen) atoms. The van der Waals surface area contributed by atoms with Crippen LogP contribution in [0, 0.1) is 11.6 Å². The number of ether oxygens (including phenoxy) is 2. The number of hydrogen-bond donors (Lipinski definition) is 3. The summed E-state index contributed by atoms with van der Waals surface area (Å²) in [5, 5.41) is 2.68. The number of nitrogens with one attached hydrogen (secondary N) is 2. The lowest BCUT2D eigenvalue weighted by Gasteiger charge is -2.45. The minimum absolute atomic E-state index is 0.0955. The molecule has 1 fully saturated rings. The summed E-state index contributed by atoms with van der Waals surface area (Å²) in [5.74, 6) is -1.89. The van der Waals surface area contributed by atoms with E-state index < -0.39 is 23.1 Å². The molecule has 270 valence electrons. The number of fused-ring (bicyclic) bond motifs is 1. The van der Waals surface area contributed by atoms with Gasteiger partial charge in [-0.25, -0.2) is 18.7 Å². The van der Waals surface area contributed by atoms with Crippen molar-refractivity contribution in [3.8, 4) is 22.6 Å². The molecule has 0 unspecified atom stereocenters. The van der Waals surface area contributed by atoms with Gasteiger partial charge in [0.25, 0.3) is 5.91 Å². The van der Waals surface area contributed by atoms with E-state index in [1.54, 1.807) is 6.20 Å². The van der Waals surface area contributed by atoms with Crippen molar-refractivity contribution >= 4 is 28.7 Å². The van der Waals surface area contributed by atoms with E-state index in [2.05, 4.69) is 67.0 Å². The average molecular weight is 703 g/mol. The van der Waals surface area contributed by atoms with E-state index in [4.69, 9.17) is 15.2 Å². The Balaban J connectivity index is 0.000000248. The van der Waals surface area contributed by atoms with E-state index in [9.17, 15) is 4.79 Å². The lowest BCUT2D eigenvalue weighted by Crippen LogP contribution is -2.57. The Morgan fingerprint density at radius 3 is 2.27 bits per heavy atom. The van der Waals surface area contributed by atoms with E-state index in [0.717, 1.165) is 37.9 Å². The third kappa shape index (κ3) is 8.56. The summed E-state index contributed by atoms with van der Waals surface area (Å²) < 4.78 is 40.3. The highest BCUT2D eigenvalue weighted by molar-refractivity contribution is 6.13. The van der Waals surface area contributed by atoms with Crippen LogP contribution in [0.25, 0.3) is 22.2 Å². The van der Waals surface area contributed by atoms with Gasteiger partial charge in [-0.1, -0.05) is 12.1 Å². The molecular formula is C36H44F2N10O3. The lowest BCUT2D eigenvalue weighted by molar-refractivity contribution is 0.0359. The maximum atomic E-state index is 15.1. The number of pyridine rings is 1. The standard InChI is InChI=1S/C23H22F2N6O3.C13H22N4/c1-31(2)11-12-10-28-23(29-12)30-22(32)14-6-5-13(20-21(14)27-8-7-26-20)17-18(24)15(33-3)9-16(34-4)19(17)25;1-13(2)10-17(7-6-16(13)3)9-11-4-5-12(14)15-8-11/h5-10H,11H2,1-4H3,(H2,28,29,30,32);4-5,8H,6-7,9-10H2,1-3H3,(H2,14,15). The molecule has 5 aromatic rings. The zero-order valence-corrected chi connectivity index (χ0v) is 29.9. The fourth-order valence-corrected chi connectivity index (χ4v) is 5.85. The first kappa shape index (κ1) is 37.0. The first-order chi connectivity index (χ1) is 24.3. The molecule has 0 saturated carbocycles. The zero-order valence-electron chi connectivity index (χ0n) is 29.9. The number of methoxy groups -OCH3 is 2. The van der Waals surface area contributed by atoms with Crippen LogP contribution in [-0.2, 0) is 13.1 Å². The predicted octanol–water partition coefficient (Wildman–Crippen LogP) is 4.82. The van der Waals surface area contributed by atoms with Crippen molar-refractivity contribution < 1.29 is 23.0 Å². The monoisotopic (exact) mass is 702 g/mol. The first-order valence-corrected chi connectivity index (χ1v) is 16.3. The van der Waals surface area contributed by atoms with Gasteiger partial charge >= 0.3 is 0 Å². The third-order valence-electron chi connectivity index (χ3n) is 8.71. The molecule has 0 aliphatic carbocycles. The molecule has 1 saturated heterocycles. The highest BCUT2D eigenvalue weighted by atomic mass is 19.1. The molecule has 2 aromatic carbocycles. The molecule has 1 aliphatic rings. The molecule has 0 radical (unpaired) electrons. The van der Waals surface area contributed by atoms with Crippen LogP contribution in [-0.4, -0.2) is 106 Å². The zero-order chi connectivity index (χ0) is 36.9. The topological polar surface area (TPSA) is 151 Å². The van der Waals surface area contributed by atoms with E-state index in [0.29, 0.717) is 12.4 Å². The summed E-state index contributed by atoms with van der Waals surface area (Å²) in [7, 11) is 8.55. The van der Waals surface area contributed by atoms with Crippen molar-refractivity contribution in [2.75, 3.05) is 66.0 Å². The fraction of sp³-hybridized carbons (Fsp3) is 0.361. The number of benzene rings is 2. The number of H-pyrrole nitrogens is 1. The van der Waals surface area contributed by atoms with Gasteiger partial charge in [-0.3, -0.25) is 29.9 Å². The van der Waals surface area contributed by atoms with E-state index in [1.165, 1.54) is 44.3 Å². The number of hydrogen-bond acceptors (Lipinski definition) is 11. The predicted molar refractivity (Wildman–Crippen MR) is 193 cm³/mol. The number of imidazole rings is 1. The second-order valence-corrected chi connectivity index (χ2v) is 13.2. The van der Waals surface area contributed by atoms with E-state index >= 15 is 8.78 Å². The number of nitrogens with two attached hydrogens (primary N) is 1. The molecule has 1 aliphatic heterocycles. The summed E-state index contributed by atoms with van der Waals surface area (Å²) in [6, 6.07) is 7.89. The molecule has 0 atom stereocenters. The van der Waals surface area contributed by atoms with Crippen LogP contribution in [0.4, 0.5) is 20.5 Å². The van der Waals surface area contributed by atoms with Crippen molar-refractivity contribution in [3.63, 3.8) is 0 Å². The Morgan fingerprint density at radius 1 is 0.980 bits per heavy atom. The normalized spacial score (nSPS) is 14.6. The van der Waals surface area contributed by atoms with Crippen LogP contribution in [0.3, 0.4) is 0 Å². The van der Waals surface area contributed by atoms with Gasteiger partial charge in [0, 0.05) is 68.5 Å². The number of nitrogen functional groups attached to an aromatic ring is 1. The maximum Gasteiger partial charge on any atom is 0.260 e. The van der Waals surface area contributed by atoms with Gasteiger partial charge < -0.3 is 25.1 Å². The van der Waals surface area contributed by atoms with E-state index in [1.807, 2.05) is 31.3 Å². The number of aromatic amines is 1. The maximum absolute atomic E-state index is 15.1. The Labute approximate surface area is 295 Å². The number of likely N-dealkylation sites (N-methyl/N-ethyl adjacent to an activating group) is 1. The Kier molecular flexibility index (Phi) is 11.4. The minimum atomic E-state index is -0.922. The van der Waals surface area contributed by atoms with Crippen LogP contribution in [0.1, 0.15) is 35.5 Å². The average Bonchev–Trinajstić information content (AvgIpc) is 3.53. The molecule has 6 rings (SSSR count). The van der Waals surface area contributed by atoms with Gasteiger partial charge in [-0.05, 0) is 52.7 Å². The number of rotatable bonds is 9. The van der Waals surface area contributed by atoms with Crippen molar-refractivity contribution in [1.29, 1.82) is 0 Å². The number of carbonyl (C=O) groups is 1. The van der Waals surface area contributed by atoms with Crippen LogP contribution in [0.5, 0.6) is 11.5 Å². The van der Waals surface area contributed by atoms with Crippen LogP contribution in [0.2, 0.25) is 0 Å². The molecule has 0 bridgehead atoms. The number of carbonyl (C=O) groups excluding carboxylic acids is 1. The SMILES string of the molecule is CN1CCN(Cc2ccc(N)nc2)CC1(C)C.COc1cc(OC)c(F)c(-c2ccc(C(=O)Nc3ncc(CN(C)C)[nH]3)c3nccnc23)c1F. The minimum Gasteiger partial charge on any atom is -0.494 e. The summed E-state index contributed by atoms with van der Waals surface area (Å²) in [5.41, 5.74) is 8.05. The first-order valence-electron chi connectivity index (χ1n) is 16.3. The number of amides is 1. The van der Waals surface area contributed by atoms with E-state index in [-0.39, 0.29) is 45.1 Å². The number of anilines is 2. The molecule has 0 spiro atoms. The molecule has 13 nitrogen and oxygen atoms in total. The van der Waals surface area contributed by atoms with Gasteiger partial charge in [0.2, 0.25) is 5.95 Å². The van der Waals surface area contributed by atoms with Crippen molar-refractivity contribution in [3.05, 3.63) is 83.6 Å². The summed E-state index contributed by atoms with van der Waals surface area (Å²) in [6.45, 7) is 9.49. The molecule has 4 heterocycles. The van der Waals surface area contributed by atoms with Gasteiger partial charge in [0.1, 0.15) is 11.3 Å². The molecule has 4 N–H and O–H groups in total. The molecular weight excluding hydrogens is 658 g/mol. The smallest absolute Gasteiger partial charge is 0.260 e. The van der Waals surface area contributed by atoms with Crippen molar-refractivity contribution in [1.82, 2.24) is 39.6 Å². The Bertz CT molecular complexity index is 1960. The highest BCUT2D eigenvalue weighted by Crippen LogP contribution is 2.40. The quantitative estimate of drug-likeness (QED) is 0.194. The van der Waals surface area contributed by atoms with Crippen LogP contribution < -0.4 is 20.5 Å². The van der Waals surface area contributed by atoms with Gasteiger partial charge in [-0.15, -0.1) is 0 Å². The van der Waals surface area contributed by atoms with Crippen molar-refractivity contribution in [2.45, 2.75) is 32.5 Å². The molecule has 1 amide bonds. The summed E-state index contributed by atoms with van der Waals surface area (Å²) in [6.07, 6.45) is 6.27. The summed E-state index contributed by atoms with van der Waals surface area (Å²) in [4.78, 5) is 39.7. The number of aromatic nitrogens is 5. The second-order valence-electron chi connectivity index (χ2n) is 13.2. The Morgan fingerprint density at radius 2 is 1.67 bits per heavy atom. The van der Waals surface area contributed by atoms with Gasteiger partial charge in [0.15, 0.2) is 23.1 Å². The third-order valence-corrected chi connectivity index (χ3v) is 8.71. The Hall–Kier alpha value is -5.25. The summed E-state index contributed by atoms with van der Waals surface area (Å²) >= 11 is 0. The molecule has 15 heteroatoms.